The lowest BCUT2D eigenvalue weighted by Crippen LogP contribution is -2.46. The predicted molar refractivity (Wildman–Crippen MR) is 81.2 cm³/mol. The third kappa shape index (κ3) is 2.31. The largest absolute Gasteiger partial charge is 0.360 e. The molecular weight excluding hydrogens is 250 g/mol. The molecule has 1 aliphatic rings. The van der Waals surface area contributed by atoms with Crippen molar-refractivity contribution in [1.82, 2.24) is 15.2 Å². The van der Waals surface area contributed by atoms with Gasteiger partial charge in [-0.25, -0.2) is 0 Å². The van der Waals surface area contributed by atoms with Gasteiger partial charge in [-0.05, 0) is 23.6 Å². The van der Waals surface area contributed by atoms with Crippen LogP contribution < -0.4 is 5.32 Å². The van der Waals surface area contributed by atoms with Crippen molar-refractivity contribution in [2.75, 3.05) is 26.2 Å². The van der Waals surface area contributed by atoms with Crippen LogP contribution >= 0.6 is 0 Å². The van der Waals surface area contributed by atoms with Crippen molar-refractivity contribution >= 4 is 16.8 Å². The van der Waals surface area contributed by atoms with Crippen LogP contribution in [0.25, 0.3) is 10.9 Å². The molecule has 4 heteroatoms. The number of nitrogens with zero attached hydrogens (tertiary/aromatic N) is 1. The Balaban J connectivity index is 1.98. The number of nitrogens with one attached hydrogen (secondary N) is 2. The van der Waals surface area contributed by atoms with Crippen LogP contribution in [0.2, 0.25) is 0 Å². The molecule has 0 bridgehead atoms. The first-order valence-corrected chi connectivity index (χ1v) is 7.28. The zero-order chi connectivity index (χ0) is 14.1. The first kappa shape index (κ1) is 13.2. The summed E-state index contributed by atoms with van der Waals surface area (Å²) in [6.45, 7) is 7.68. The number of hydrogen-bond donors (Lipinski definition) is 2. The number of aromatic nitrogens is 1. The number of rotatable bonds is 2. The number of hydrogen-bond acceptors (Lipinski definition) is 2. The van der Waals surface area contributed by atoms with E-state index in [4.69, 9.17) is 0 Å². The highest BCUT2D eigenvalue weighted by Gasteiger charge is 2.21. The van der Waals surface area contributed by atoms with Crippen molar-refractivity contribution in [3.63, 3.8) is 0 Å². The van der Waals surface area contributed by atoms with Crippen molar-refractivity contribution < 1.29 is 4.79 Å². The van der Waals surface area contributed by atoms with Gasteiger partial charge >= 0.3 is 0 Å². The molecule has 2 aromatic rings. The van der Waals surface area contributed by atoms with E-state index in [1.54, 1.807) is 0 Å². The summed E-state index contributed by atoms with van der Waals surface area (Å²) in [5.41, 5.74) is 3.10. The maximum absolute atomic E-state index is 12.6. The zero-order valence-electron chi connectivity index (χ0n) is 12.1. The lowest BCUT2D eigenvalue weighted by Gasteiger charge is -2.27. The molecule has 20 heavy (non-hydrogen) atoms. The Hall–Kier alpha value is -1.81. The molecule has 0 aliphatic carbocycles. The van der Waals surface area contributed by atoms with Crippen LogP contribution in [-0.4, -0.2) is 42.0 Å². The van der Waals surface area contributed by atoms with Gasteiger partial charge in [0.1, 0.15) is 0 Å². The summed E-state index contributed by atoms with van der Waals surface area (Å²) in [4.78, 5) is 17.8. The third-order valence-corrected chi connectivity index (χ3v) is 4.01. The van der Waals surface area contributed by atoms with E-state index in [0.29, 0.717) is 5.92 Å². The third-order valence-electron chi connectivity index (χ3n) is 4.01. The molecule has 1 fully saturated rings. The molecule has 4 nitrogen and oxygen atoms in total. The monoisotopic (exact) mass is 271 g/mol. The summed E-state index contributed by atoms with van der Waals surface area (Å²) in [6, 6.07) is 6.34. The zero-order valence-corrected chi connectivity index (χ0v) is 12.1. The number of amides is 1. The topological polar surface area (TPSA) is 48.1 Å². The average Bonchev–Trinajstić information content (AvgIpc) is 2.90. The highest BCUT2D eigenvalue weighted by atomic mass is 16.2. The van der Waals surface area contributed by atoms with E-state index < -0.39 is 0 Å². The maximum Gasteiger partial charge on any atom is 0.256 e. The van der Waals surface area contributed by atoms with E-state index in [0.717, 1.165) is 42.6 Å². The quantitative estimate of drug-likeness (QED) is 0.880. The summed E-state index contributed by atoms with van der Waals surface area (Å²) >= 11 is 0. The molecule has 0 atom stereocenters. The molecule has 0 unspecified atom stereocenters. The van der Waals surface area contributed by atoms with Crippen molar-refractivity contribution in [1.29, 1.82) is 0 Å². The molecule has 1 aliphatic heterocycles. The SMILES string of the molecule is CC(C)c1ccc2[nH]cc(C(=O)N3CCNCC3)c2c1. The van der Waals surface area contributed by atoms with Crippen LogP contribution in [0.15, 0.2) is 24.4 Å². The van der Waals surface area contributed by atoms with Crippen LogP contribution in [0.1, 0.15) is 35.7 Å². The minimum Gasteiger partial charge on any atom is -0.360 e. The van der Waals surface area contributed by atoms with Gasteiger partial charge in [0, 0.05) is 43.3 Å². The van der Waals surface area contributed by atoms with Crippen molar-refractivity contribution in [2.45, 2.75) is 19.8 Å². The van der Waals surface area contributed by atoms with E-state index in [-0.39, 0.29) is 5.91 Å². The molecule has 1 saturated heterocycles. The summed E-state index contributed by atoms with van der Waals surface area (Å²) in [7, 11) is 0. The molecule has 1 aromatic carbocycles. The molecule has 1 aromatic heterocycles. The Bertz CT molecular complexity index is 624. The van der Waals surface area contributed by atoms with E-state index in [1.807, 2.05) is 11.1 Å². The van der Waals surface area contributed by atoms with Gasteiger partial charge in [-0.15, -0.1) is 0 Å². The molecule has 106 valence electrons. The highest BCUT2D eigenvalue weighted by Crippen LogP contribution is 2.24. The number of H-pyrrole nitrogens is 1. The second-order valence-corrected chi connectivity index (χ2v) is 5.70. The number of aromatic amines is 1. The Morgan fingerprint density at radius 1 is 1.25 bits per heavy atom. The summed E-state index contributed by atoms with van der Waals surface area (Å²) < 4.78 is 0. The second kappa shape index (κ2) is 5.29. The molecule has 2 N–H and O–H groups in total. The van der Waals surface area contributed by atoms with Gasteiger partial charge < -0.3 is 15.2 Å². The van der Waals surface area contributed by atoms with Gasteiger partial charge in [0.2, 0.25) is 0 Å². The Labute approximate surface area is 119 Å². The van der Waals surface area contributed by atoms with E-state index in [1.165, 1.54) is 5.56 Å². The van der Waals surface area contributed by atoms with Crippen LogP contribution in [0, 0.1) is 0 Å². The highest BCUT2D eigenvalue weighted by molar-refractivity contribution is 6.06. The van der Waals surface area contributed by atoms with Gasteiger partial charge in [0.25, 0.3) is 5.91 Å². The minimum atomic E-state index is 0.138. The Morgan fingerprint density at radius 3 is 2.70 bits per heavy atom. The summed E-state index contributed by atoms with van der Waals surface area (Å²) in [6.07, 6.45) is 1.85. The molecular formula is C16H21N3O. The first-order valence-electron chi connectivity index (χ1n) is 7.28. The van der Waals surface area contributed by atoms with E-state index in [2.05, 4.69) is 42.3 Å². The fraction of sp³-hybridized carbons (Fsp3) is 0.438. The number of carbonyl (C=O) groups is 1. The smallest absolute Gasteiger partial charge is 0.256 e. The fourth-order valence-corrected chi connectivity index (χ4v) is 2.71. The minimum absolute atomic E-state index is 0.138. The lowest BCUT2D eigenvalue weighted by atomic mass is 10.0. The van der Waals surface area contributed by atoms with Gasteiger partial charge in [-0.2, -0.15) is 0 Å². The number of piperazine rings is 1. The van der Waals surface area contributed by atoms with Gasteiger partial charge in [-0.1, -0.05) is 19.9 Å². The standard InChI is InChI=1S/C16H21N3O/c1-11(2)12-3-4-15-13(9-12)14(10-18-15)16(20)19-7-5-17-6-8-19/h3-4,9-11,17-18H,5-8H2,1-2H3. The van der Waals surface area contributed by atoms with Crippen molar-refractivity contribution in [2.24, 2.45) is 0 Å². The first-order chi connectivity index (χ1) is 9.66. The average molecular weight is 271 g/mol. The van der Waals surface area contributed by atoms with E-state index >= 15 is 0 Å². The van der Waals surface area contributed by atoms with Crippen LogP contribution in [0.3, 0.4) is 0 Å². The summed E-state index contributed by atoms with van der Waals surface area (Å²) in [5.74, 6) is 0.607. The van der Waals surface area contributed by atoms with Gasteiger partial charge in [0.05, 0.1) is 5.56 Å². The van der Waals surface area contributed by atoms with Crippen LogP contribution in [0.4, 0.5) is 0 Å². The van der Waals surface area contributed by atoms with Crippen LogP contribution in [-0.2, 0) is 0 Å². The second-order valence-electron chi connectivity index (χ2n) is 5.70. The van der Waals surface area contributed by atoms with Crippen molar-refractivity contribution in [3.8, 4) is 0 Å². The Morgan fingerprint density at radius 2 is 2.00 bits per heavy atom. The molecule has 1 amide bonds. The Kier molecular flexibility index (Phi) is 3.49. The van der Waals surface area contributed by atoms with Gasteiger partial charge in [-0.3, -0.25) is 4.79 Å². The molecule has 0 radical (unpaired) electrons. The molecule has 0 spiro atoms. The number of fused-ring (bicyclic) bond motifs is 1. The fourth-order valence-electron chi connectivity index (χ4n) is 2.71. The lowest BCUT2D eigenvalue weighted by molar-refractivity contribution is 0.0738. The van der Waals surface area contributed by atoms with Crippen LogP contribution in [0.5, 0.6) is 0 Å². The molecule has 0 saturated carbocycles. The van der Waals surface area contributed by atoms with E-state index in [9.17, 15) is 4.79 Å². The molecule has 2 heterocycles. The van der Waals surface area contributed by atoms with Crippen molar-refractivity contribution in [3.05, 3.63) is 35.5 Å². The normalized spacial score (nSPS) is 16.1. The maximum atomic E-state index is 12.6. The summed E-state index contributed by atoms with van der Waals surface area (Å²) in [5, 5.41) is 4.32. The molecule has 3 rings (SSSR count). The van der Waals surface area contributed by atoms with Gasteiger partial charge in [0.15, 0.2) is 0 Å². The predicted octanol–water partition coefficient (Wildman–Crippen LogP) is 2.34. The number of carbonyl (C=O) groups excluding carboxylic acids is 1. The number of benzene rings is 1.